The van der Waals surface area contributed by atoms with Gasteiger partial charge >= 0.3 is 6.09 Å². The Balaban J connectivity index is 2.16. The van der Waals surface area contributed by atoms with E-state index in [1.807, 2.05) is 25.7 Å². The number of fused-ring (bicyclic) bond motifs is 1. The number of hydrogen-bond acceptors (Lipinski definition) is 3. The number of hydrogen-bond donors (Lipinski definition) is 2. The van der Waals surface area contributed by atoms with Gasteiger partial charge in [0.05, 0.1) is 17.7 Å². The fraction of sp³-hybridized carbons (Fsp3) is 0.526. The first-order valence-corrected chi connectivity index (χ1v) is 8.71. The highest BCUT2D eigenvalue weighted by Gasteiger charge is 2.48. The summed E-state index contributed by atoms with van der Waals surface area (Å²) in [4.78, 5) is 26.2. The van der Waals surface area contributed by atoms with Crippen molar-refractivity contribution < 1.29 is 14.7 Å². The normalized spacial score (nSPS) is 25.2. The van der Waals surface area contributed by atoms with Crippen LogP contribution in [-0.4, -0.2) is 23.1 Å². The highest BCUT2D eigenvalue weighted by Crippen LogP contribution is 2.49. The molecule has 0 radical (unpaired) electrons. The summed E-state index contributed by atoms with van der Waals surface area (Å²) in [6.45, 7) is 5.75. The molecule has 3 rings (SSSR count). The summed E-state index contributed by atoms with van der Waals surface area (Å²) < 4.78 is 0. The Labute approximate surface area is 147 Å². The van der Waals surface area contributed by atoms with Crippen LogP contribution in [0, 0.1) is 29.1 Å². The van der Waals surface area contributed by atoms with Crippen LogP contribution in [0.15, 0.2) is 18.2 Å². The van der Waals surface area contributed by atoms with E-state index in [9.17, 15) is 20.0 Å². The molecule has 132 valence electrons. The second-order valence-corrected chi connectivity index (χ2v) is 7.36. The topological polar surface area (TPSA) is 93.4 Å². The van der Waals surface area contributed by atoms with Crippen LogP contribution < -0.4 is 10.2 Å². The molecule has 1 aromatic rings. The highest BCUT2D eigenvalue weighted by molar-refractivity contribution is 5.97. The van der Waals surface area contributed by atoms with E-state index in [2.05, 4.69) is 11.4 Å². The van der Waals surface area contributed by atoms with Crippen molar-refractivity contribution >= 4 is 17.7 Å². The summed E-state index contributed by atoms with van der Waals surface area (Å²) in [6, 6.07) is 6.83. The predicted molar refractivity (Wildman–Crippen MR) is 93.1 cm³/mol. The fourth-order valence-electron chi connectivity index (χ4n) is 3.93. The van der Waals surface area contributed by atoms with Crippen LogP contribution in [0.3, 0.4) is 0 Å². The van der Waals surface area contributed by atoms with Crippen LogP contribution in [0.4, 0.5) is 10.5 Å². The Hall–Kier alpha value is -2.55. The lowest BCUT2D eigenvalue weighted by atomic mass is 9.79. The van der Waals surface area contributed by atoms with Crippen LogP contribution >= 0.6 is 0 Å². The smallest absolute Gasteiger partial charge is 0.405 e. The average molecular weight is 341 g/mol. The SMILES string of the molecule is CC(C)C(=O)N1c2ccc(C#N)cc2[C@H](NC(=O)O)[C@@H](C)[C@H]1C1CC1. The van der Waals surface area contributed by atoms with Gasteiger partial charge in [0.1, 0.15) is 0 Å². The highest BCUT2D eigenvalue weighted by atomic mass is 16.4. The van der Waals surface area contributed by atoms with Crippen molar-refractivity contribution in [1.82, 2.24) is 5.32 Å². The number of nitrogens with one attached hydrogen (secondary N) is 1. The van der Waals surface area contributed by atoms with E-state index < -0.39 is 12.1 Å². The Morgan fingerprint density at radius 3 is 2.56 bits per heavy atom. The van der Waals surface area contributed by atoms with E-state index in [1.54, 1.807) is 18.2 Å². The molecule has 3 atom stereocenters. The molecule has 1 aliphatic carbocycles. The Morgan fingerprint density at radius 2 is 2.04 bits per heavy atom. The molecule has 0 aromatic heterocycles. The monoisotopic (exact) mass is 341 g/mol. The summed E-state index contributed by atoms with van der Waals surface area (Å²) in [5, 5.41) is 21.1. The van der Waals surface area contributed by atoms with Crippen molar-refractivity contribution in [3.63, 3.8) is 0 Å². The quantitative estimate of drug-likeness (QED) is 0.882. The summed E-state index contributed by atoms with van der Waals surface area (Å²) in [5.41, 5.74) is 1.90. The molecule has 6 heteroatoms. The van der Waals surface area contributed by atoms with E-state index >= 15 is 0 Å². The zero-order chi connectivity index (χ0) is 18.3. The number of benzene rings is 1. The van der Waals surface area contributed by atoms with E-state index in [0.717, 1.165) is 18.5 Å². The van der Waals surface area contributed by atoms with Gasteiger partial charge in [0.15, 0.2) is 0 Å². The second-order valence-electron chi connectivity index (χ2n) is 7.36. The van der Waals surface area contributed by atoms with Crippen LogP contribution in [0.2, 0.25) is 0 Å². The van der Waals surface area contributed by atoms with Gasteiger partial charge in [0, 0.05) is 23.6 Å². The Morgan fingerprint density at radius 1 is 1.36 bits per heavy atom. The van der Waals surface area contributed by atoms with Gasteiger partial charge in [-0.3, -0.25) is 4.79 Å². The first-order valence-electron chi connectivity index (χ1n) is 8.71. The minimum absolute atomic E-state index is 0.0211. The third-order valence-corrected chi connectivity index (χ3v) is 5.23. The summed E-state index contributed by atoms with van der Waals surface area (Å²) in [5.74, 6) is 0.233. The number of nitrogens with zero attached hydrogens (tertiary/aromatic N) is 2. The molecule has 2 amide bonds. The van der Waals surface area contributed by atoms with Crippen LogP contribution in [0.1, 0.15) is 50.8 Å². The average Bonchev–Trinajstić information content (AvgIpc) is 3.40. The van der Waals surface area contributed by atoms with Crippen LogP contribution in [0.25, 0.3) is 0 Å². The molecule has 0 bridgehead atoms. The number of rotatable bonds is 3. The Bertz CT molecular complexity index is 749. The molecule has 1 aromatic carbocycles. The zero-order valence-electron chi connectivity index (χ0n) is 14.7. The minimum atomic E-state index is -1.09. The third-order valence-electron chi connectivity index (χ3n) is 5.23. The maximum absolute atomic E-state index is 13.0. The number of anilines is 1. The fourth-order valence-corrected chi connectivity index (χ4v) is 3.93. The number of carbonyl (C=O) groups excluding carboxylic acids is 1. The van der Waals surface area contributed by atoms with Gasteiger partial charge in [-0.05, 0) is 42.5 Å². The van der Waals surface area contributed by atoms with Crippen molar-refractivity contribution in [2.24, 2.45) is 17.8 Å². The van der Waals surface area contributed by atoms with Crippen molar-refractivity contribution in [2.75, 3.05) is 4.90 Å². The molecule has 6 nitrogen and oxygen atoms in total. The standard InChI is InChI=1S/C19H23N3O3/c1-10(2)18(23)22-15-7-4-12(9-20)8-14(15)16(21-19(24)25)11(3)17(22)13-5-6-13/h4,7-8,10-11,13,16-17,21H,5-6H2,1-3H3,(H,24,25)/t11-,16-,17+/m1/s1. The van der Waals surface area contributed by atoms with Crippen molar-refractivity contribution in [2.45, 2.75) is 45.7 Å². The largest absolute Gasteiger partial charge is 0.465 e. The van der Waals surface area contributed by atoms with E-state index in [-0.39, 0.29) is 23.8 Å². The van der Waals surface area contributed by atoms with Crippen LogP contribution in [0.5, 0.6) is 0 Å². The molecule has 2 N–H and O–H groups in total. The number of amides is 2. The van der Waals surface area contributed by atoms with Gasteiger partial charge in [-0.25, -0.2) is 4.79 Å². The lowest BCUT2D eigenvalue weighted by molar-refractivity contribution is -0.122. The van der Waals surface area contributed by atoms with Crippen molar-refractivity contribution in [3.8, 4) is 6.07 Å². The molecule has 2 aliphatic rings. The van der Waals surface area contributed by atoms with E-state index in [4.69, 9.17) is 0 Å². The second kappa shape index (κ2) is 6.40. The molecule has 25 heavy (non-hydrogen) atoms. The van der Waals surface area contributed by atoms with E-state index in [1.165, 1.54) is 0 Å². The first kappa shape index (κ1) is 17.3. The maximum atomic E-state index is 13.0. The summed E-state index contributed by atoms with van der Waals surface area (Å²) in [6.07, 6.45) is 1.02. The molecule has 1 saturated carbocycles. The van der Waals surface area contributed by atoms with E-state index in [0.29, 0.717) is 17.0 Å². The van der Waals surface area contributed by atoms with Crippen molar-refractivity contribution in [3.05, 3.63) is 29.3 Å². The molecule has 0 saturated heterocycles. The Kier molecular flexibility index (Phi) is 4.42. The third kappa shape index (κ3) is 3.07. The molecule has 1 aliphatic heterocycles. The molecule has 0 spiro atoms. The minimum Gasteiger partial charge on any atom is -0.465 e. The molecule has 1 fully saturated rings. The lowest BCUT2D eigenvalue weighted by Gasteiger charge is -2.46. The number of carbonyl (C=O) groups is 2. The molecule has 1 heterocycles. The van der Waals surface area contributed by atoms with Gasteiger partial charge < -0.3 is 15.3 Å². The molecular weight excluding hydrogens is 318 g/mol. The van der Waals surface area contributed by atoms with Crippen LogP contribution in [-0.2, 0) is 4.79 Å². The number of nitriles is 1. The van der Waals surface area contributed by atoms with Gasteiger partial charge in [-0.2, -0.15) is 5.26 Å². The van der Waals surface area contributed by atoms with Gasteiger partial charge in [-0.1, -0.05) is 20.8 Å². The summed E-state index contributed by atoms with van der Waals surface area (Å²) in [7, 11) is 0. The first-order chi connectivity index (χ1) is 11.8. The number of carboxylic acid groups (broad SMARTS) is 1. The molecule has 0 unspecified atom stereocenters. The van der Waals surface area contributed by atoms with Crippen molar-refractivity contribution in [1.29, 1.82) is 5.26 Å². The van der Waals surface area contributed by atoms with Gasteiger partial charge in [0.25, 0.3) is 0 Å². The maximum Gasteiger partial charge on any atom is 0.405 e. The van der Waals surface area contributed by atoms with Gasteiger partial charge in [-0.15, -0.1) is 0 Å². The van der Waals surface area contributed by atoms with Gasteiger partial charge in [0.2, 0.25) is 5.91 Å². The molecular formula is C19H23N3O3. The summed E-state index contributed by atoms with van der Waals surface area (Å²) >= 11 is 0. The predicted octanol–water partition coefficient (Wildman–Crippen LogP) is 3.28. The lowest BCUT2D eigenvalue weighted by Crippen LogP contribution is -2.54. The zero-order valence-corrected chi connectivity index (χ0v) is 14.7.